The normalized spacial score (nSPS) is 28.1. The first kappa shape index (κ1) is 12.8. The summed E-state index contributed by atoms with van der Waals surface area (Å²) in [7, 11) is 0. The first-order chi connectivity index (χ1) is 9.70. The molecule has 1 atom stereocenters. The minimum atomic E-state index is -0.594. The smallest absolute Gasteiger partial charge is 0.0759 e. The molecule has 0 radical (unpaired) electrons. The average Bonchev–Trinajstić information content (AvgIpc) is 2.87. The van der Waals surface area contributed by atoms with Gasteiger partial charge in [0.25, 0.3) is 0 Å². The molecule has 0 amide bonds. The van der Waals surface area contributed by atoms with Crippen molar-refractivity contribution in [2.45, 2.75) is 49.5 Å². The van der Waals surface area contributed by atoms with Gasteiger partial charge in [0.2, 0.25) is 0 Å². The standard InChI is InChI=1S/C17H21NOS/c18-11-16(17(19)7-2-1-3-8-17)10-12-4-5-14-13(15(12)16)6-9-20-14/h4-6,9,19H,1-3,7-8,10-11,18H2. The van der Waals surface area contributed by atoms with Crippen molar-refractivity contribution < 1.29 is 5.11 Å². The van der Waals surface area contributed by atoms with Crippen LogP contribution < -0.4 is 5.73 Å². The molecule has 1 unspecified atom stereocenters. The Kier molecular flexibility index (Phi) is 2.75. The van der Waals surface area contributed by atoms with Gasteiger partial charge in [-0.25, -0.2) is 0 Å². The van der Waals surface area contributed by atoms with Gasteiger partial charge < -0.3 is 10.8 Å². The van der Waals surface area contributed by atoms with Crippen molar-refractivity contribution in [1.29, 1.82) is 0 Å². The number of fused-ring (bicyclic) bond motifs is 3. The third-order valence-corrected chi connectivity index (χ3v) is 6.49. The van der Waals surface area contributed by atoms with Crippen LogP contribution in [-0.2, 0) is 11.8 Å². The second-order valence-electron chi connectivity index (χ2n) is 6.49. The quantitative estimate of drug-likeness (QED) is 0.890. The molecular formula is C17H21NOS. The SMILES string of the molecule is NCC1(C2(O)CCCCC2)Cc2ccc3sccc3c21. The third-order valence-electron chi connectivity index (χ3n) is 5.61. The van der Waals surface area contributed by atoms with Crippen molar-refractivity contribution in [3.63, 3.8) is 0 Å². The lowest BCUT2D eigenvalue weighted by Crippen LogP contribution is -2.62. The fourth-order valence-corrected chi connectivity index (χ4v) is 5.28. The highest BCUT2D eigenvalue weighted by atomic mass is 32.1. The van der Waals surface area contributed by atoms with E-state index in [9.17, 15) is 5.11 Å². The van der Waals surface area contributed by atoms with Crippen LogP contribution in [0.3, 0.4) is 0 Å². The molecule has 1 saturated carbocycles. The fraction of sp³-hybridized carbons (Fsp3) is 0.529. The molecule has 1 fully saturated rings. The van der Waals surface area contributed by atoms with E-state index in [1.165, 1.54) is 27.6 Å². The molecule has 1 heterocycles. The van der Waals surface area contributed by atoms with E-state index < -0.39 is 5.60 Å². The molecule has 2 aromatic rings. The van der Waals surface area contributed by atoms with Crippen molar-refractivity contribution >= 4 is 21.4 Å². The number of aliphatic hydroxyl groups is 1. The molecule has 2 nitrogen and oxygen atoms in total. The molecule has 0 spiro atoms. The topological polar surface area (TPSA) is 46.2 Å². The Morgan fingerprint density at radius 2 is 1.95 bits per heavy atom. The molecule has 4 rings (SSSR count). The summed E-state index contributed by atoms with van der Waals surface area (Å²) in [5.41, 5.74) is 8.14. The number of nitrogens with two attached hydrogens (primary N) is 1. The Bertz CT molecular complexity index is 656. The molecular weight excluding hydrogens is 266 g/mol. The molecule has 106 valence electrons. The molecule has 0 aliphatic heterocycles. The highest BCUT2D eigenvalue weighted by Crippen LogP contribution is 2.55. The number of rotatable bonds is 2. The van der Waals surface area contributed by atoms with Crippen molar-refractivity contribution in [2.24, 2.45) is 5.73 Å². The Labute approximate surface area is 123 Å². The maximum absolute atomic E-state index is 11.3. The largest absolute Gasteiger partial charge is 0.389 e. The van der Waals surface area contributed by atoms with Crippen molar-refractivity contribution in [2.75, 3.05) is 6.54 Å². The van der Waals surface area contributed by atoms with Crippen LogP contribution in [-0.4, -0.2) is 17.3 Å². The minimum Gasteiger partial charge on any atom is -0.389 e. The van der Waals surface area contributed by atoms with E-state index in [2.05, 4.69) is 23.6 Å². The second kappa shape index (κ2) is 4.30. The van der Waals surface area contributed by atoms with Crippen LogP contribution in [0.1, 0.15) is 43.2 Å². The third kappa shape index (κ3) is 1.46. The first-order valence-corrected chi connectivity index (χ1v) is 8.50. The Balaban J connectivity index is 1.90. The molecule has 1 aromatic heterocycles. The molecule has 2 aliphatic carbocycles. The molecule has 2 aliphatic rings. The Morgan fingerprint density at radius 3 is 2.70 bits per heavy atom. The summed E-state index contributed by atoms with van der Waals surface area (Å²) in [6.07, 6.45) is 6.27. The molecule has 20 heavy (non-hydrogen) atoms. The summed E-state index contributed by atoms with van der Waals surface area (Å²) in [4.78, 5) is 0. The summed E-state index contributed by atoms with van der Waals surface area (Å²) >= 11 is 1.78. The van der Waals surface area contributed by atoms with Crippen LogP contribution in [0.25, 0.3) is 10.1 Å². The van der Waals surface area contributed by atoms with Gasteiger partial charge in [-0.05, 0) is 53.3 Å². The zero-order valence-corrected chi connectivity index (χ0v) is 12.5. The molecule has 3 heteroatoms. The lowest BCUT2D eigenvalue weighted by Gasteiger charge is -2.55. The highest BCUT2D eigenvalue weighted by molar-refractivity contribution is 7.17. The van der Waals surface area contributed by atoms with Gasteiger partial charge in [-0.2, -0.15) is 0 Å². The van der Waals surface area contributed by atoms with E-state index in [-0.39, 0.29) is 5.41 Å². The van der Waals surface area contributed by atoms with E-state index in [0.29, 0.717) is 6.54 Å². The van der Waals surface area contributed by atoms with Crippen molar-refractivity contribution in [3.05, 3.63) is 34.7 Å². The molecule has 1 aromatic carbocycles. The Morgan fingerprint density at radius 1 is 1.15 bits per heavy atom. The average molecular weight is 287 g/mol. The van der Waals surface area contributed by atoms with Crippen LogP contribution >= 0.6 is 11.3 Å². The predicted octanol–water partition coefficient (Wildman–Crippen LogP) is 3.35. The monoisotopic (exact) mass is 287 g/mol. The van der Waals surface area contributed by atoms with E-state index >= 15 is 0 Å². The molecule has 3 N–H and O–H groups in total. The van der Waals surface area contributed by atoms with Gasteiger partial charge in [0.15, 0.2) is 0 Å². The van der Waals surface area contributed by atoms with Gasteiger partial charge in [0, 0.05) is 16.7 Å². The van der Waals surface area contributed by atoms with E-state index in [0.717, 1.165) is 32.1 Å². The predicted molar refractivity (Wildman–Crippen MR) is 84.3 cm³/mol. The maximum Gasteiger partial charge on any atom is 0.0759 e. The highest BCUT2D eigenvalue weighted by Gasteiger charge is 2.57. The van der Waals surface area contributed by atoms with Crippen LogP contribution in [0.15, 0.2) is 23.6 Å². The van der Waals surface area contributed by atoms with E-state index in [4.69, 9.17) is 5.73 Å². The van der Waals surface area contributed by atoms with Crippen molar-refractivity contribution in [3.8, 4) is 0 Å². The van der Waals surface area contributed by atoms with Crippen LogP contribution in [0.2, 0.25) is 0 Å². The van der Waals surface area contributed by atoms with E-state index in [1.54, 1.807) is 11.3 Å². The summed E-state index contributed by atoms with van der Waals surface area (Å²) in [6.45, 7) is 0.561. The summed E-state index contributed by atoms with van der Waals surface area (Å²) in [6, 6.07) is 6.65. The van der Waals surface area contributed by atoms with Gasteiger partial charge >= 0.3 is 0 Å². The number of benzene rings is 1. The maximum atomic E-state index is 11.3. The van der Waals surface area contributed by atoms with Crippen LogP contribution in [0, 0.1) is 0 Å². The minimum absolute atomic E-state index is 0.205. The van der Waals surface area contributed by atoms with Gasteiger partial charge in [-0.15, -0.1) is 11.3 Å². The number of thiophene rings is 1. The summed E-state index contributed by atoms with van der Waals surface area (Å²) < 4.78 is 1.32. The Hall–Kier alpha value is -0.900. The van der Waals surface area contributed by atoms with Gasteiger partial charge in [-0.3, -0.25) is 0 Å². The van der Waals surface area contributed by atoms with E-state index in [1.807, 2.05) is 0 Å². The zero-order chi connectivity index (χ0) is 13.8. The molecule has 0 saturated heterocycles. The fourth-order valence-electron chi connectivity index (χ4n) is 4.49. The van der Waals surface area contributed by atoms with Gasteiger partial charge in [-0.1, -0.05) is 25.3 Å². The van der Waals surface area contributed by atoms with Crippen LogP contribution in [0.5, 0.6) is 0 Å². The summed E-state index contributed by atoms with van der Waals surface area (Å²) in [5.74, 6) is 0. The lowest BCUT2D eigenvalue weighted by molar-refractivity contribution is -0.0749. The lowest BCUT2D eigenvalue weighted by atomic mass is 9.51. The van der Waals surface area contributed by atoms with Gasteiger partial charge in [0.05, 0.1) is 5.60 Å². The first-order valence-electron chi connectivity index (χ1n) is 7.62. The summed E-state index contributed by atoms with van der Waals surface area (Å²) in [5, 5.41) is 14.8. The van der Waals surface area contributed by atoms with Crippen LogP contribution in [0.4, 0.5) is 0 Å². The number of hydrogen-bond acceptors (Lipinski definition) is 3. The van der Waals surface area contributed by atoms with Crippen molar-refractivity contribution in [1.82, 2.24) is 0 Å². The zero-order valence-electron chi connectivity index (χ0n) is 11.7. The molecule has 0 bridgehead atoms. The van der Waals surface area contributed by atoms with Gasteiger partial charge in [0.1, 0.15) is 0 Å². The number of hydrogen-bond donors (Lipinski definition) is 2. The second-order valence-corrected chi connectivity index (χ2v) is 7.44.